The Balaban J connectivity index is 5.23. The van der Waals surface area contributed by atoms with E-state index in [1.807, 2.05) is 0 Å². The van der Waals surface area contributed by atoms with Crippen molar-refractivity contribution in [1.82, 2.24) is 5.06 Å². The van der Waals surface area contributed by atoms with Crippen molar-refractivity contribution < 1.29 is 23.6 Å². The Morgan fingerprint density at radius 1 is 1.33 bits per heavy atom. The van der Waals surface area contributed by atoms with E-state index in [-0.39, 0.29) is 13.2 Å². The molecular formula is C11H22NO5P. The summed E-state index contributed by atoms with van der Waals surface area (Å²) in [5.74, 6) is 0. The molecule has 0 aliphatic rings. The van der Waals surface area contributed by atoms with Crippen LogP contribution in [0.5, 0.6) is 0 Å². The van der Waals surface area contributed by atoms with Gasteiger partial charge in [0.1, 0.15) is 0 Å². The summed E-state index contributed by atoms with van der Waals surface area (Å²) in [7, 11) is -4.01. The minimum Gasteiger partial charge on any atom is -0.302 e. The minimum absolute atomic E-state index is 0.0460. The second-order valence-electron chi connectivity index (χ2n) is 4.27. The van der Waals surface area contributed by atoms with Crippen LogP contribution in [0, 0.1) is 0 Å². The fourth-order valence-electron chi connectivity index (χ4n) is 1.02. The van der Waals surface area contributed by atoms with Crippen LogP contribution >= 0.6 is 7.60 Å². The number of hydroxylamine groups is 2. The Kier molecular flexibility index (Phi) is 6.23. The third-order valence-electron chi connectivity index (χ3n) is 2.59. The lowest BCUT2D eigenvalue weighted by Crippen LogP contribution is -2.45. The molecule has 7 heteroatoms. The van der Waals surface area contributed by atoms with E-state index < -0.39 is 18.8 Å². The first-order valence-electron chi connectivity index (χ1n) is 5.72. The van der Waals surface area contributed by atoms with Crippen molar-refractivity contribution in [1.29, 1.82) is 0 Å². The van der Waals surface area contributed by atoms with E-state index in [4.69, 9.17) is 9.05 Å². The molecule has 0 spiro atoms. The first kappa shape index (κ1) is 17.3. The van der Waals surface area contributed by atoms with Crippen LogP contribution in [-0.2, 0) is 13.6 Å². The van der Waals surface area contributed by atoms with Gasteiger partial charge in [0.2, 0.25) is 0 Å². The van der Waals surface area contributed by atoms with Gasteiger partial charge in [-0.25, -0.2) is 9.63 Å². The molecule has 6 nitrogen and oxygen atoms in total. The SMILES string of the molecule is C=C(C)C(C)(C)N(O)C(=O)P(=O)(OCC)OCC. The summed E-state index contributed by atoms with van der Waals surface area (Å²) in [6.07, 6.45) is 0. The molecule has 0 atom stereocenters. The molecule has 106 valence electrons. The highest BCUT2D eigenvalue weighted by Crippen LogP contribution is 2.51. The van der Waals surface area contributed by atoms with Crippen LogP contribution in [0.25, 0.3) is 0 Å². The fraction of sp³-hybridized carbons (Fsp3) is 0.727. The number of carbonyl (C=O) groups is 1. The van der Waals surface area contributed by atoms with Crippen molar-refractivity contribution in [2.75, 3.05) is 13.2 Å². The van der Waals surface area contributed by atoms with Gasteiger partial charge in [-0.3, -0.25) is 10.0 Å². The number of amides is 1. The van der Waals surface area contributed by atoms with Crippen molar-refractivity contribution in [2.24, 2.45) is 0 Å². The van der Waals surface area contributed by atoms with Gasteiger partial charge in [-0.1, -0.05) is 12.2 Å². The standard InChI is InChI=1S/C11H22NO5P/c1-7-16-18(15,17-8-2)10(13)12(14)11(5,6)9(3)4/h14H,3,7-8H2,1-2,4-6H3. The van der Waals surface area contributed by atoms with E-state index in [2.05, 4.69) is 6.58 Å². The van der Waals surface area contributed by atoms with Gasteiger partial charge in [-0.15, -0.1) is 0 Å². The van der Waals surface area contributed by atoms with Crippen LogP contribution in [0.15, 0.2) is 12.2 Å². The predicted octanol–water partition coefficient (Wildman–Crippen LogP) is 3.42. The monoisotopic (exact) mass is 279 g/mol. The molecule has 0 aromatic heterocycles. The molecule has 0 bridgehead atoms. The van der Waals surface area contributed by atoms with Gasteiger partial charge in [0.05, 0.1) is 18.8 Å². The van der Waals surface area contributed by atoms with Gasteiger partial charge in [0.25, 0.3) is 0 Å². The summed E-state index contributed by atoms with van der Waals surface area (Å²) < 4.78 is 22.0. The Bertz CT molecular complexity index is 356. The maximum Gasteiger partial charge on any atom is 0.420 e. The highest BCUT2D eigenvalue weighted by Gasteiger charge is 2.44. The molecule has 0 aromatic carbocycles. The van der Waals surface area contributed by atoms with Gasteiger partial charge >= 0.3 is 13.2 Å². The Labute approximate surface area is 108 Å². The fourth-order valence-corrected chi connectivity index (χ4v) is 2.48. The molecule has 1 N–H and O–H groups in total. The molecule has 0 radical (unpaired) electrons. The number of hydrogen-bond acceptors (Lipinski definition) is 5. The summed E-state index contributed by atoms with van der Waals surface area (Å²) in [5, 5.41) is 10.3. The first-order chi connectivity index (χ1) is 8.13. The van der Waals surface area contributed by atoms with Gasteiger partial charge in [0.15, 0.2) is 0 Å². The van der Waals surface area contributed by atoms with Crippen LogP contribution in [-0.4, -0.2) is 34.7 Å². The van der Waals surface area contributed by atoms with E-state index in [1.54, 1.807) is 34.6 Å². The van der Waals surface area contributed by atoms with Gasteiger partial charge in [-0.2, -0.15) is 0 Å². The molecule has 0 saturated heterocycles. The van der Waals surface area contributed by atoms with Gasteiger partial charge in [0, 0.05) is 0 Å². The molecule has 18 heavy (non-hydrogen) atoms. The van der Waals surface area contributed by atoms with Crippen LogP contribution in [0.1, 0.15) is 34.6 Å². The molecule has 0 aromatic rings. The summed E-state index contributed by atoms with van der Waals surface area (Å²) in [4.78, 5) is 12.0. The van der Waals surface area contributed by atoms with E-state index >= 15 is 0 Å². The molecule has 1 amide bonds. The summed E-state index contributed by atoms with van der Waals surface area (Å²) in [5.41, 5.74) is -1.60. The lowest BCUT2D eigenvalue weighted by Gasteiger charge is -2.34. The normalized spacial score (nSPS) is 12.3. The second kappa shape index (κ2) is 6.48. The Morgan fingerprint density at radius 2 is 1.72 bits per heavy atom. The largest absolute Gasteiger partial charge is 0.420 e. The lowest BCUT2D eigenvalue weighted by molar-refractivity contribution is -0.0924. The molecule has 0 rings (SSSR count). The van der Waals surface area contributed by atoms with E-state index in [9.17, 15) is 14.6 Å². The molecule has 0 heterocycles. The van der Waals surface area contributed by atoms with Gasteiger partial charge in [-0.05, 0) is 34.6 Å². The van der Waals surface area contributed by atoms with Crippen LogP contribution < -0.4 is 0 Å². The molecule has 0 saturated carbocycles. The average Bonchev–Trinajstić information content (AvgIpc) is 2.27. The van der Waals surface area contributed by atoms with Crippen LogP contribution in [0.3, 0.4) is 0 Å². The maximum absolute atomic E-state index is 12.2. The molecular weight excluding hydrogens is 257 g/mol. The highest BCUT2D eigenvalue weighted by atomic mass is 31.2. The molecule has 0 unspecified atom stereocenters. The van der Waals surface area contributed by atoms with Gasteiger partial charge < -0.3 is 9.05 Å². The predicted molar refractivity (Wildman–Crippen MR) is 68.8 cm³/mol. The van der Waals surface area contributed by atoms with E-state index in [0.29, 0.717) is 10.6 Å². The van der Waals surface area contributed by atoms with Crippen LogP contribution in [0.4, 0.5) is 4.79 Å². The number of nitrogens with zero attached hydrogens (tertiary/aromatic N) is 1. The van der Waals surface area contributed by atoms with Crippen molar-refractivity contribution in [3.63, 3.8) is 0 Å². The Morgan fingerprint density at radius 3 is 2.00 bits per heavy atom. The zero-order chi connectivity index (χ0) is 14.6. The van der Waals surface area contributed by atoms with E-state index in [0.717, 1.165) is 0 Å². The zero-order valence-corrected chi connectivity index (χ0v) is 12.5. The van der Waals surface area contributed by atoms with Crippen molar-refractivity contribution in [3.8, 4) is 0 Å². The third kappa shape index (κ3) is 3.65. The summed E-state index contributed by atoms with van der Waals surface area (Å²) >= 11 is 0. The number of rotatable bonds is 7. The lowest BCUT2D eigenvalue weighted by atomic mass is 9.97. The average molecular weight is 279 g/mol. The molecule has 0 aliphatic heterocycles. The molecule has 0 aliphatic carbocycles. The summed E-state index contributed by atoms with van der Waals surface area (Å²) in [6.45, 7) is 11.8. The maximum atomic E-state index is 12.2. The van der Waals surface area contributed by atoms with Crippen molar-refractivity contribution in [3.05, 3.63) is 12.2 Å². The number of hydrogen-bond donors (Lipinski definition) is 1. The topological polar surface area (TPSA) is 76.1 Å². The quantitative estimate of drug-likeness (QED) is 0.334. The van der Waals surface area contributed by atoms with Crippen molar-refractivity contribution >= 4 is 13.2 Å². The first-order valence-corrected chi connectivity index (χ1v) is 7.26. The van der Waals surface area contributed by atoms with Crippen molar-refractivity contribution in [2.45, 2.75) is 40.2 Å². The zero-order valence-electron chi connectivity index (χ0n) is 11.6. The van der Waals surface area contributed by atoms with Crippen LogP contribution in [0.2, 0.25) is 0 Å². The minimum atomic E-state index is -4.01. The summed E-state index contributed by atoms with van der Waals surface area (Å²) in [6, 6.07) is 0. The Hall–Kier alpha value is -0.680. The molecule has 0 fully saturated rings. The number of carbonyl (C=O) groups excluding carboxylic acids is 1. The van der Waals surface area contributed by atoms with E-state index in [1.165, 1.54) is 0 Å². The highest BCUT2D eigenvalue weighted by molar-refractivity contribution is 7.71. The third-order valence-corrected chi connectivity index (χ3v) is 4.44. The smallest absolute Gasteiger partial charge is 0.302 e. The second-order valence-corrected chi connectivity index (χ2v) is 6.16.